The van der Waals surface area contributed by atoms with Gasteiger partial charge in [0, 0.05) is 24.5 Å². The minimum absolute atomic E-state index is 0. The number of aromatic carboxylic acids is 1. The fourth-order valence-electron chi connectivity index (χ4n) is 4.48. The normalized spacial score (nSPS) is 10.6. The Balaban J connectivity index is 0.00000306. The number of carbonyl (C=O) groups is 1. The smallest absolute Gasteiger partial charge is 0.335 e. The molecule has 0 aliphatic rings. The van der Waals surface area contributed by atoms with E-state index in [1.165, 1.54) is 11.1 Å². The summed E-state index contributed by atoms with van der Waals surface area (Å²) in [4.78, 5) is 16.6. The molecule has 0 spiro atoms. The van der Waals surface area contributed by atoms with E-state index < -0.39 is 5.97 Å². The number of halogens is 2. The Hall–Kier alpha value is -2.44. The molecule has 0 aliphatic carbocycles. The second-order valence-electron chi connectivity index (χ2n) is 9.00. The topological polar surface area (TPSA) is 102 Å². The highest BCUT2D eigenvalue weighted by molar-refractivity contribution is 5.89. The van der Waals surface area contributed by atoms with Gasteiger partial charge in [-0.3, -0.25) is 4.98 Å². The van der Waals surface area contributed by atoms with E-state index in [0.29, 0.717) is 31.0 Å². The van der Waals surface area contributed by atoms with Crippen LogP contribution in [-0.4, -0.2) is 16.1 Å². The van der Waals surface area contributed by atoms with Gasteiger partial charge in [0.1, 0.15) is 0 Å². The second-order valence-corrected chi connectivity index (χ2v) is 9.00. The summed E-state index contributed by atoms with van der Waals surface area (Å²) in [6, 6.07) is 15.6. The van der Waals surface area contributed by atoms with Gasteiger partial charge in [-0.2, -0.15) is 0 Å². The van der Waals surface area contributed by atoms with E-state index >= 15 is 0 Å². The highest BCUT2D eigenvalue weighted by Gasteiger charge is 2.19. The summed E-state index contributed by atoms with van der Waals surface area (Å²) >= 11 is 0. The van der Waals surface area contributed by atoms with Gasteiger partial charge in [0.25, 0.3) is 0 Å². The third-order valence-corrected chi connectivity index (χ3v) is 6.10. The van der Waals surface area contributed by atoms with Gasteiger partial charge in [0.2, 0.25) is 0 Å². The van der Waals surface area contributed by atoms with Crippen molar-refractivity contribution in [2.75, 3.05) is 0 Å². The van der Waals surface area contributed by atoms with E-state index in [4.69, 9.17) is 16.5 Å². The molecule has 0 atom stereocenters. The first-order valence-corrected chi connectivity index (χ1v) is 11.7. The van der Waals surface area contributed by atoms with Crippen LogP contribution in [-0.2, 0) is 32.4 Å². The van der Waals surface area contributed by atoms with Crippen LogP contribution in [0, 0.1) is 12.8 Å². The maximum Gasteiger partial charge on any atom is 0.335 e. The lowest BCUT2D eigenvalue weighted by Gasteiger charge is -2.21. The molecule has 190 valence electrons. The fraction of sp³-hybridized carbons (Fsp3) is 0.357. The first kappa shape index (κ1) is 30.6. The number of hydrogen-bond donors (Lipinski definition) is 3. The molecule has 0 saturated heterocycles. The van der Waals surface area contributed by atoms with Crippen LogP contribution in [0.3, 0.4) is 0 Å². The summed E-state index contributed by atoms with van der Waals surface area (Å²) in [5.74, 6) is -0.402. The molecule has 0 aliphatic heterocycles. The molecule has 3 aromatic rings. The molecule has 5 nitrogen and oxygen atoms in total. The third-order valence-electron chi connectivity index (χ3n) is 6.10. The van der Waals surface area contributed by atoms with E-state index in [0.717, 1.165) is 52.9 Å². The Morgan fingerprint density at radius 2 is 1.60 bits per heavy atom. The summed E-state index contributed by atoms with van der Waals surface area (Å²) in [5.41, 5.74) is 21.1. The first-order valence-electron chi connectivity index (χ1n) is 11.7. The van der Waals surface area contributed by atoms with Gasteiger partial charge in [-0.05, 0) is 78.0 Å². The molecular weight excluding hydrogens is 481 g/mol. The Labute approximate surface area is 221 Å². The van der Waals surface area contributed by atoms with Gasteiger partial charge >= 0.3 is 5.97 Å². The van der Waals surface area contributed by atoms with Crippen molar-refractivity contribution in [3.8, 4) is 11.1 Å². The number of rotatable bonds is 10. The number of pyridine rings is 1. The SMILES string of the molecule is Cc1nc(CC(C)C)c(CN)c(-c2ccc(CN)cc2)c1CCCc1ccccc1C(=O)O.Cl.Cl. The van der Waals surface area contributed by atoms with E-state index in [2.05, 4.69) is 45.0 Å². The lowest BCUT2D eigenvalue weighted by molar-refractivity contribution is 0.0695. The van der Waals surface area contributed by atoms with Crippen LogP contribution in [0.4, 0.5) is 0 Å². The maximum atomic E-state index is 11.6. The lowest BCUT2D eigenvalue weighted by atomic mass is 9.87. The molecule has 1 heterocycles. The predicted octanol–water partition coefficient (Wildman–Crippen LogP) is 5.89. The van der Waals surface area contributed by atoms with Crippen LogP contribution >= 0.6 is 24.8 Å². The third kappa shape index (κ3) is 7.52. The highest BCUT2D eigenvalue weighted by Crippen LogP contribution is 2.33. The van der Waals surface area contributed by atoms with E-state index in [-0.39, 0.29) is 24.8 Å². The van der Waals surface area contributed by atoms with Gasteiger partial charge in [0.15, 0.2) is 0 Å². The Morgan fingerprint density at radius 3 is 2.17 bits per heavy atom. The molecule has 1 aromatic heterocycles. The van der Waals surface area contributed by atoms with Crippen molar-refractivity contribution in [3.63, 3.8) is 0 Å². The van der Waals surface area contributed by atoms with Crippen molar-refractivity contribution in [1.82, 2.24) is 4.98 Å². The Bertz CT molecular complexity index is 1120. The number of aromatic nitrogens is 1. The molecule has 0 saturated carbocycles. The van der Waals surface area contributed by atoms with Gasteiger partial charge in [-0.25, -0.2) is 4.79 Å². The van der Waals surface area contributed by atoms with Crippen LogP contribution in [0.25, 0.3) is 11.1 Å². The molecule has 0 amide bonds. The first-order chi connectivity index (χ1) is 15.8. The molecule has 0 radical (unpaired) electrons. The molecule has 0 bridgehead atoms. The van der Waals surface area contributed by atoms with Crippen molar-refractivity contribution in [2.24, 2.45) is 17.4 Å². The lowest BCUT2D eigenvalue weighted by Crippen LogP contribution is -2.13. The number of benzene rings is 2. The zero-order chi connectivity index (χ0) is 24.0. The van der Waals surface area contributed by atoms with Crippen LogP contribution in [0.15, 0.2) is 48.5 Å². The van der Waals surface area contributed by atoms with Gasteiger partial charge in [-0.1, -0.05) is 56.3 Å². The zero-order valence-electron chi connectivity index (χ0n) is 20.7. The van der Waals surface area contributed by atoms with Crippen molar-refractivity contribution >= 4 is 30.8 Å². The van der Waals surface area contributed by atoms with Crippen molar-refractivity contribution in [1.29, 1.82) is 0 Å². The standard InChI is InChI=1S/C28H35N3O2.2ClH/c1-18(2)15-26-25(17-30)27(22-13-11-20(16-29)12-14-22)23(19(3)31-26)10-6-8-21-7-4-5-9-24(21)28(32)33;;/h4-5,7,9,11-14,18H,6,8,10,15-17,29-30H2,1-3H3,(H,32,33);2*1H. The number of hydrogen-bond acceptors (Lipinski definition) is 4. The van der Waals surface area contributed by atoms with Crippen LogP contribution in [0.1, 0.15) is 64.3 Å². The number of carboxylic acid groups (broad SMARTS) is 1. The minimum Gasteiger partial charge on any atom is -0.478 e. The number of nitrogens with two attached hydrogens (primary N) is 2. The molecule has 2 aromatic carbocycles. The number of carboxylic acids is 1. The molecule has 7 heteroatoms. The van der Waals surface area contributed by atoms with Gasteiger partial charge in [-0.15, -0.1) is 24.8 Å². The summed E-state index contributed by atoms with van der Waals surface area (Å²) in [6.07, 6.45) is 3.21. The van der Waals surface area contributed by atoms with Crippen molar-refractivity contribution < 1.29 is 9.90 Å². The summed E-state index contributed by atoms with van der Waals surface area (Å²) in [7, 11) is 0. The van der Waals surface area contributed by atoms with Gasteiger partial charge < -0.3 is 16.6 Å². The van der Waals surface area contributed by atoms with E-state index in [1.807, 2.05) is 12.1 Å². The molecule has 3 rings (SSSR count). The zero-order valence-corrected chi connectivity index (χ0v) is 22.3. The van der Waals surface area contributed by atoms with E-state index in [9.17, 15) is 9.90 Å². The molecule has 0 fully saturated rings. The Morgan fingerprint density at radius 1 is 0.943 bits per heavy atom. The summed E-state index contributed by atoms with van der Waals surface area (Å²) < 4.78 is 0. The summed E-state index contributed by atoms with van der Waals surface area (Å²) in [5, 5.41) is 9.50. The highest BCUT2D eigenvalue weighted by atomic mass is 35.5. The Kier molecular flexibility index (Phi) is 12.4. The van der Waals surface area contributed by atoms with Crippen molar-refractivity contribution in [3.05, 3.63) is 87.7 Å². The molecular formula is C28H37Cl2N3O2. The number of aryl methyl sites for hydroxylation is 2. The predicted molar refractivity (Wildman–Crippen MR) is 149 cm³/mol. The van der Waals surface area contributed by atoms with Crippen molar-refractivity contribution in [2.45, 2.75) is 59.5 Å². The monoisotopic (exact) mass is 517 g/mol. The molecule has 0 unspecified atom stereocenters. The average molecular weight is 519 g/mol. The molecule has 35 heavy (non-hydrogen) atoms. The van der Waals surface area contributed by atoms with E-state index in [1.54, 1.807) is 12.1 Å². The maximum absolute atomic E-state index is 11.6. The minimum atomic E-state index is -0.882. The second kappa shape index (κ2) is 14.2. The average Bonchev–Trinajstić information content (AvgIpc) is 2.80. The van der Waals surface area contributed by atoms with Crippen LogP contribution in [0.5, 0.6) is 0 Å². The molecule has 5 N–H and O–H groups in total. The largest absolute Gasteiger partial charge is 0.478 e. The fourth-order valence-corrected chi connectivity index (χ4v) is 4.48. The summed E-state index contributed by atoms with van der Waals surface area (Å²) in [6.45, 7) is 7.40. The number of nitrogens with zero attached hydrogens (tertiary/aromatic N) is 1. The quantitative estimate of drug-likeness (QED) is 0.311. The van der Waals surface area contributed by atoms with Crippen LogP contribution < -0.4 is 11.5 Å². The van der Waals surface area contributed by atoms with Gasteiger partial charge in [0.05, 0.1) is 5.56 Å². The van der Waals surface area contributed by atoms with Crippen LogP contribution in [0.2, 0.25) is 0 Å².